The smallest absolute Gasteiger partial charge is 0.268 e. The highest BCUT2D eigenvalue weighted by Gasteiger charge is 2.17. The van der Waals surface area contributed by atoms with Crippen LogP contribution in [0.1, 0.15) is 17.7 Å². The Kier molecular flexibility index (Phi) is 3.00. The molecular weight excluding hydrogens is 202 g/mol. The second-order valence-corrected chi connectivity index (χ2v) is 2.72. The second-order valence-electron chi connectivity index (χ2n) is 2.37. The molecule has 72 valence electrons. The van der Waals surface area contributed by atoms with Gasteiger partial charge < -0.3 is 10.8 Å². The topological polar surface area (TPSA) is 59.1 Å². The fourth-order valence-corrected chi connectivity index (χ4v) is 1.19. The van der Waals surface area contributed by atoms with Gasteiger partial charge in [0.15, 0.2) is 0 Å². The summed E-state index contributed by atoms with van der Waals surface area (Å²) in [5, 5.41) is 8.29. The maximum absolute atomic E-state index is 12.3. The van der Waals surface area contributed by atoms with Crippen LogP contribution in [0.25, 0.3) is 0 Å². The number of halogens is 3. The van der Waals surface area contributed by atoms with Crippen molar-refractivity contribution in [3.05, 3.63) is 22.5 Å². The summed E-state index contributed by atoms with van der Waals surface area (Å²) in [5.74, 6) is 0. The standard InChI is InChI=1S/C7H7ClF2N2O/c8-6-5(7(9)10)4(11)1-3(2-13)12-6/h1,7,13H,2H2,(H2,11,12). The van der Waals surface area contributed by atoms with Gasteiger partial charge in [-0.1, -0.05) is 11.6 Å². The van der Waals surface area contributed by atoms with Crippen molar-refractivity contribution in [2.75, 3.05) is 5.73 Å². The highest BCUT2D eigenvalue weighted by molar-refractivity contribution is 6.30. The van der Waals surface area contributed by atoms with E-state index in [2.05, 4.69) is 4.98 Å². The van der Waals surface area contributed by atoms with Crippen LogP contribution in [0.5, 0.6) is 0 Å². The number of nitrogens with zero attached hydrogens (tertiary/aromatic N) is 1. The highest BCUT2D eigenvalue weighted by Crippen LogP contribution is 2.31. The molecule has 0 radical (unpaired) electrons. The molecule has 0 aromatic carbocycles. The van der Waals surface area contributed by atoms with E-state index >= 15 is 0 Å². The van der Waals surface area contributed by atoms with Gasteiger partial charge in [-0.25, -0.2) is 13.8 Å². The Morgan fingerprint density at radius 2 is 2.23 bits per heavy atom. The predicted molar refractivity (Wildman–Crippen MR) is 44.5 cm³/mol. The molecule has 1 heterocycles. The van der Waals surface area contributed by atoms with Crippen molar-refractivity contribution in [1.29, 1.82) is 0 Å². The van der Waals surface area contributed by atoms with Crippen LogP contribution >= 0.6 is 11.6 Å². The molecule has 0 saturated carbocycles. The highest BCUT2D eigenvalue weighted by atomic mass is 35.5. The molecule has 1 aromatic rings. The third kappa shape index (κ3) is 2.05. The molecule has 3 nitrogen and oxygen atoms in total. The molecular formula is C7H7ClF2N2O. The van der Waals surface area contributed by atoms with Gasteiger partial charge in [0.05, 0.1) is 17.9 Å². The number of aromatic nitrogens is 1. The Labute approximate surface area is 78.1 Å². The minimum absolute atomic E-state index is 0.154. The average Bonchev–Trinajstić information content (AvgIpc) is 2.02. The van der Waals surface area contributed by atoms with Crippen molar-refractivity contribution < 1.29 is 13.9 Å². The van der Waals surface area contributed by atoms with E-state index in [1.165, 1.54) is 6.07 Å². The zero-order chi connectivity index (χ0) is 10.0. The van der Waals surface area contributed by atoms with Crippen LogP contribution in [0.3, 0.4) is 0 Å². The molecule has 1 aromatic heterocycles. The first-order valence-corrected chi connectivity index (χ1v) is 3.78. The maximum Gasteiger partial charge on any atom is 0.268 e. The molecule has 0 spiro atoms. The Hall–Kier alpha value is -0.940. The van der Waals surface area contributed by atoms with Gasteiger partial charge in [-0.15, -0.1) is 0 Å². The van der Waals surface area contributed by atoms with Crippen molar-refractivity contribution in [1.82, 2.24) is 4.98 Å². The van der Waals surface area contributed by atoms with Gasteiger partial charge in [0, 0.05) is 5.69 Å². The van der Waals surface area contributed by atoms with Crippen molar-refractivity contribution >= 4 is 17.3 Å². The van der Waals surface area contributed by atoms with Crippen molar-refractivity contribution in [2.24, 2.45) is 0 Å². The van der Waals surface area contributed by atoms with Gasteiger partial charge in [-0.3, -0.25) is 0 Å². The zero-order valence-corrected chi connectivity index (χ0v) is 7.22. The number of nitrogen functional groups attached to an aromatic ring is 1. The van der Waals surface area contributed by atoms with Crippen molar-refractivity contribution in [3.8, 4) is 0 Å². The van der Waals surface area contributed by atoms with Gasteiger partial charge >= 0.3 is 0 Å². The minimum Gasteiger partial charge on any atom is -0.398 e. The summed E-state index contributed by atoms with van der Waals surface area (Å²) < 4.78 is 24.5. The largest absolute Gasteiger partial charge is 0.398 e. The summed E-state index contributed by atoms with van der Waals surface area (Å²) in [6.07, 6.45) is -2.76. The molecule has 6 heteroatoms. The second kappa shape index (κ2) is 3.85. The molecule has 0 aliphatic carbocycles. The first kappa shape index (κ1) is 10.1. The molecule has 13 heavy (non-hydrogen) atoms. The Balaban J connectivity index is 3.23. The molecule has 0 aliphatic rings. The molecule has 0 fully saturated rings. The number of hydrogen-bond acceptors (Lipinski definition) is 3. The van der Waals surface area contributed by atoms with Gasteiger partial charge in [-0.2, -0.15) is 0 Å². The number of hydrogen-bond donors (Lipinski definition) is 2. The number of anilines is 1. The zero-order valence-electron chi connectivity index (χ0n) is 6.47. The predicted octanol–water partition coefficient (Wildman–Crippen LogP) is 1.75. The van der Waals surface area contributed by atoms with Gasteiger partial charge in [0.1, 0.15) is 5.15 Å². The lowest BCUT2D eigenvalue weighted by molar-refractivity contribution is 0.152. The normalized spacial score (nSPS) is 10.8. The first-order valence-electron chi connectivity index (χ1n) is 3.40. The van der Waals surface area contributed by atoms with E-state index in [0.717, 1.165) is 0 Å². The van der Waals surface area contributed by atoms with E-state index in [1.807, 2.05) is 0 Å². The Morgan fingerprint density at radius 1 is 1.62 bits per heavy atom. The van der Waals surface area contributed by atoms with E-state index in [-0.39, 0.29) is 23.1 Å². The van der Waals surface area contributed by atoms with Crippen LogP contribution in [0.15, 0.2) is 6.07 Å². The lowest BCUT2D eigenvalue weighted by Crippen LogP contribution is -2.01. The molecule has 0 bridgehead atoms. The number of alkyl halides is 2. The molecule has 1 rings (SSSR count). The minimum atomic E-state index is -2.76. The summed E-state index contributed by atoms with van der Waals surface area (Å²) in [6.45, 7) is -0.382. The number of aliphatic hydroxyl groups is 1. The van der Waals surface area contributed by atoms with Gasteiger partial charge in [0.25, 0.3) is 6.43 Å². The van der Waals surface area contributed by atoms with Crippen molar-refractivity contribution in [2.45, 2.75) is 13.0 Å². The Bertz CT molecular complexity index is 296. The number of pyridine rings is 1. The average molecular weight is 209 g/mol. The monoisotopic (exact) mass is 208 g/mol. The summed E-state index contributed by atoms with van der Waals surface area (Å²) in [6, 6.07) is 1.17. The third-order valence-electron chi connectivity index (χ3n) is 1.48. The quantitative estimate of drug-likeness (QED) is 0.728. The van der Waals surface area contributed by atoms with E-state index in [0.29, 0.717) is 0 Å². The van der Waals surface area contributed by atoms with Crippen LogP contribution in [0.2, 0.25) is 5.15 Å². The molecule has 0 saturated heterocycles. The van der Waals surface area contributed by atoms with Crippen LogP contribution < -0.4 is 5.73 Å². The van der Waals surface area contributed by atoms with E-state index in [4.69, 9.17) is 22.4 Å². The summed E-state index contributed by atoms with van der Waals surface area (Å²) >= 11 is 5.43. The summed E-state index contributed by atoms with van der Waals surface area (Å²) in [5.41, 5.74) is 4.82. The number of rotatable bonds is 2. The van der Waals surface area contributed by atoms with Gasteiger partial charge in [0.2, 0.25) is 0 Å². The first-order chi connectivity index (χ1) is 6.06. The number of aliphatic hydroxyl groups excluding tert-OH is 1. The van der Waals surface area contributed by atoms with Crippen LogP contribution in [-0.4, -0.2) is 10.1 Å². The summed E-state index contributed by atoms with van der Waals surface area (Å²) in [4.78, 5) is 3.53. The Morgan fingerprint density at radius 3 is 2.62 bits per heavy atom. The fourth-order valence-electron chi connectivity index (χ4n) is 0.892. The molecule has 0 aliphatic heterocycles. The molecule has 3 N–H and O–H groups in total. The van der Waals surface area contributed by atoms with Crippen LogP contribution in [-0.2, 0) is 6.61 Å². The SMILES string of the molecule is Nc1cc(CO)nc(Cl)c1C(F)F. The van der Waals surface area contributed by atoms with Crippen LogP contribution in [0, 0.1) is 0 Å². The third-order valence-corrected chi connectivity index (χ3v) is 1.77. The fraction of sp³-hybridized carbons (Fsp3) is 0.286. The van der Waals surface area contributed by atoms with E-state index in [1.54, 1.807) is 0 Å². The van der Waals surface area contributed by atoms with Crippen LogP contribution in [0.4, 0.5) is 14.5 Å². The molecule has 0 unspecified atom stereocenters. The lowest BCUT2D eigenvalue weighted by Gasteiger charge is -2.07. The molecule has 0 amide bonds. The molecule has 0 atom stereocenters. The maximum atomic E-state index is 12.3. The number of nitrogens with two attached hydrogens (primary N) is 1. The van der Waals surface area contributed by atoms with E-state index < -0.39 is 12.0 Å². The van der Waals surface area contributed by atoms with E-state index in [9.17, 15) is 8.78 Å². The lowest BCUT2D eigenvalue weighted by atomic mass is 10.2. The summed E-state index contributed by atoms with van der Waals surface area (Å²) in [7, 11) is 0. The van der Waals surface area contributed by atoms with Gasteiger partial charge in [-0.05, 0) is 6.07 Å². The van der Waals surface area contributed by atoms with Crippen molar-refractivity contribution in [3.63, 3.8) is 0 Å².